The van der Waals surface area contributed by atoms with Gasteiger partial charge in [-0.3, -0.25) is 4.90 Å². The first kappa shape index (κ1) is 12.7. The smallest absolute Gasteiger partial charge is 0.131 e. The largest absolute Gasteiger partial charge is 0.370 e. The number of anilines is 2. The Morgan fingerprint density at radius 3 is 3.11 bits per heavy atom. The third-order valence-corrected chi connectivity index (χ3v) is 4.32. The molecule has 1 aromatic rings. The van der Waals surface area contributed by atoms with Crippen LogP contribution in [0.2, 0.25) is 0 Å². The molecule has 2 atom stereocenters. The zero-order chi connectivity index (χ0) is 13.2. The average molecular weight is 260 g/mol. The highest BCUT2D eigenvalue weighted by atomic mass is 15.3. The van der Waals surface area contributed by atoms with E-state index in [4.69, 9.17) is 4.98 Å². The van der Waals surface area contributed by atoms with Crippen molar-refractivity contribution in [3.63, 3.8) is 0 Å². The molecule has 0 spiro atoms. The summed E-state index contributed by atoms with van der Waals surface area (Å²) in [7, 11) is 0. The van der Waals surface area contributed by atoms with E-state index in [2.05, 4.69) is 41.1 Å². The van der Waals surface area contributed by atoms with E-state index in [0.29, 0.717) is 6.04 Å². The molecule has 2 aliphatic rings. The van der Waals surface area contributed by atoms with Crippen LogP contribution in [0.4, 0.5) is 11.6 Å². The van der Waals surface area contributed by atoms with Gasteiger partial charge in [0, 0.05) is 31.7 Å². The molecule has 2 saturated heterocycles. The Hall–Kier alpha value is -1.29. The van der Waals surface area contributed by atoms with Crippen LogP contribution in [0.5, 0.6) is 0 Å². The van der Waals surface area contributed by atoms with Gasteiger partial charge in [-0.25, -0.2) is 4.98 Å². The number of pyridine rings is 1. The Morgan fingerprint density at radius 2 is 2.26 bits per heavy atom. The molecule has 2 unspecified atom stereocenters. The lowest BCUT2D eigenvalue weighted by atomic mass is 10.1. The summed E-state index contributed by atoms with van der Waals surface area (Å²) in [4.78, 5) is 9.87. The summed E-state index contributed by atoms with van der Waals surface area (Å²) in [6.07, 6.45) is 2.70. The lowest BCUT2D eigenvalue weighted by Crippen LogP contribution is -2.55. The van der Waals surface area contributed by atoms with Crippen LogP contribution in [0.1, 0.15) is 26.7 Å². The topological polar surface area (TPSA) is 31.4 Å². The summed E-state index contributed by atoms with van der Waals surface area (Å²) in [6, 6.07) is 7.58. The van der Waals surface area contributed by atoms with Gasteiger partial charge in [0.2, 0.25) is 0 Å². The summed E-state index contributed by atoms with van der Waals surface area (Å²) in [5.74, 6) is 2.11. The maximum absolute atomic E-state index is 4.75. The van der Waals surface area contributed by atoms with E-state index in [-0.39, 0.29) is 0 Å². The fraction of sp³-hybridized carbons (Fsp3) is 0.667. The van der Waals surface area contributed by atoms with Crippen molar-refractivity contribution in [2.75, 3.05) is 36.4 Å². The highest BCUT2D eigenvalue weighted by molar-refractivity contribution is 5.48. The first-order chi connectivity index (χ1) is 9.28. The minimum Gasteiger partial charge on any atom is -0.370 e. The summed E-state index contributed by atoms with van der Waals surface area (Å²) in [6.45, 7) is 8.93. The third-order valence-electron chi connectivity index (χ3n) is 4.32. The van der Waals surface area contributed by atoms with E-state index in [9.17, 15) is 0 Å². The van der Waals surface area contributed by atoms with Gasteiger partial charge < -0.3 is 10.2 Å². The molecule has 104 valence electrons. The van der Waals surface area contributed by atoms with Gasteiger partial charge >= 0.3 is 0 Å². The van der Waals surface area contributed by atoms with Crippen LogP contribution in [-0.4, -0.2) is 48.1 Å². The highest BCUT2D eigenvalue weighted by Gasteiger charge is 2.34. The Balaban J connectivity index is 1.78. The van der Waals surface area contributed by atoms with E-state index >= 15 is 0 Å². The van der Waals surface area contributed by atoms with Crippen LogP contribution in [0.25, 0.3) is 0 Å². The van der Waals surface area contributed by atoms with Crippen molar-refractivity contribution < 1.29 is 0 Å². The number of hydrogen-bond acceptors (Lipinski definition) is 4. The summed E-state index contributed by atoms with van der Waals surface area (Å²) < 4.78 is 0. The molecule has 2 aliphatic heterocycles. The zero-order valence-corrected chi connectivity index (χ0v) is 12.0. The monoisotopic (exact) mass is 260 g/mol. The SMILES string of the molecule is CCNc1cccc(N2CC3CCCN3CC2C)n1. The predicted molar refractivity (Wildman–Crippen MR) is 79.8 cm³/mol. The Bertz CT molecular complexity index is 434. The van der Waals surface area contributed by atoms with Crippen molar-refractivity contribution in [2.45, 2.75) is 38.8 Å². The van der Waals surface area contributed by atoms with Crippen LogP contribution in [0.3, 0.4) is 0 Å². The van der Waals surface area contributed by atoms with Crippen LogP contribution in [0, 0.1) is 0 Å². The van der Waals surface area contributed by atoms with Crippen LogP contribution >= 0.6 is 0 Å². The van der Waals surface area contributed by atoms with Gasteiger partial charge in [-0.15, -0.1) is 0 Å². The fourth-order valence-electron chi connectivity index (χ4n) is 3.37. The van der Waals surface area contributed by atoms with Crippen molar-refractivity contribution in [1.29, 1.82) is 0 Å². The van der Waals surface area contributed by atoms with Gasteiger partial charge in [0.1, 0.15) is 11.6 Å². The van der Waals surface area contributed by atoms with Gasteiger partial charge in [-0.05, 0) is 45.4 Å². The molecule has 1 N–H and O–H groups in total. The van der Waals surface area contributed by atoms with Crippen LogP contribution in [-0.2, 0) is 0 Å². The molecule has 0 aromatic carbocycles. The molecule has 19 heavy (non-hydrogen) atoms. The second-order valence-corrected chi connectivity index (χ2v) is 5.70. The minimum atomic E-state index is 0.554. The number of nitrogens with zero attached hydrogens (tertiary/aromatic N) is 3. The summed E-state index contributed by atoms with van der Waals surface area (Å²) in [5, 5.41) is 3.30. The van der Waals surface area contributed by atoms with Gasteiger partial charge in [0.05, 0.1) is 0 Å². The minimum absolute atomic E-state index is 0.554. The Labute approximate surface area is 115 Å². The number of fused-ring (bicyclic) bond motifs is 1. The van der Waals surface area contributed by atoms with E-state index in [1.54, 1.807) is 0 Å². The molecule has 0 aliphatic carbocycles. The zero-order valence-electron chi connectivity index (χ0n) is 12.0. The Kier molecular flexibility index (Phi) is 3.60. The van der Waals surface area contributed by atoms with Crippen molar-refractivity contribution in [3.05, 3.63) is 18.2 Å². The normalized spacial score (nSPS) is 27.4. The molecule has 3 heterocycles. The molecule has 0 bridgehead atoms. The maximum Gasteiger partial charge on any atom is 0.131 e. The van der Waals surface area contributed by atoms with E-state index in [1.807, 2.05) is 6.07 Å². The Morgan fingerprint density at radius 1 is 1.37 bits per heavy atom. The quantitative estimate of drug-likeness (QED) is 0.902. The first-order valence-electron chi connectivity index (χ1n) is 7.49. The lowest BCUT2D eigenvalue weighted by molar-refractivity contribution is 0.202. The first-order valence-corrected chi connectivity index (χ1v) is 7.49. The number of rotatable bonds is 3. The molecule has 2 fully saturated rings. The standard InChI is InChI=1S/C15H24N4/c1-3-16-14-7-4-8-15(17-14)19-11-13-6-5-9-18(13)10-12(19)2/h4,7-8,12-13H,3,5-6,9-11H2,1-2H3,(H,16,17). The molecule has 0 saturated carbocycles. The number of piperazine rings is 1. The van der Waals surface area contributed by atoms with Gasteiger partial charge in [0.15, 0.2) is 0 Å². The lowest BCUT2D eigenvalue weighted by Gasteiger charge is -2.43. The number of aromatic nitrogens is 1. The van der Waals surface area contributed by atoms with Crippen molar-refractivity contribution in [2.24, 2.45) is 0 Å². The second kappa shape index (κ2) is 5.37. The van der Waals surface area contributed by atoms with Gasteiger partial charge in [0.25, 0.3) is 0 Å². The van der Waals surface area contributed by atoms with Crippen molar-refractivity contribution in [1.82, 2.24) is 9.88 Å². The van der Waals surface area contributed by atoms with E-state index in [0.717, 1.165) is 30.8 Å². The number of nitrogens with one attached hydrogen (secondary N) is 1. The third kappa shape index (κ3) is 2.54. The van der Waals surface area contributed by atoms with Gasteiger partial charge in [-0.2, -0.15) is 0 Å². The molecule has 3 rings (SSSR count). The molecular weight excluding hydrogens is 236 g/mol. The average Bonchev–Trinajstić information content (AvgIpc) is 2.85. The molecule has 0 amide bonds. The second-order valence-electron chi connectivity index (χ2n) is 5.70. The van der Waals surface area contributed by atoms with Crippen molar-refractivity contribution in [3.8, 4) is 0 Å². The summed E-state index contributed by atoms with van der Waals surface area (Å²) >= 11 is 0. The van der Waals surface area contributed by atoms with E-state index in [1.165, 1.54) is 25.9 Å². The van der Waals surface area contributed by atoms with Crippen molar-refractivity contribution >= 4 is 11.6 Å². The fourth-order valence-corrected chi connectivity index (χ4v) is 3.37. The number of hydrogen-bond donors (Lipinski definition) is 1. The highest BCUT2D eigenvalue weighted by Crippen LogP contribution is 2.28. The molecule has 1 aromatic heterocycles. The predicted octanol–water partition coefficient (Wildman–Crippen LogP) is 2.19. The van der Waals surface area contributed by atoms with E-state index < -0.39 is 0 Å². The van der Waals surface area contributed by atoms with Crippen LogP contribution in [0.15, 0.2) is 18.2 Å². The molecule has 4 heteroatoms. The molecular formula is C15H24N4. The summed E-state index contributed by atoms with van der Waals surface area (Å²) in [5.41, 5.74) is 0. The maximum atomic E-state index is 4.75. The molecule has 4 nitrogen and oxygen atoms in total. The molecule has 0 radical (unpaired) electrons. The van der Waals surface area contributed by atoms with Gasteiger partial charge in [-0.1, -0.05) is 6.07 Å². The van der Waals surface area contributed by atoms with Crippen LogP contribution < -0.4 is 10.2 Å².